The van der Waals surface area contributed by atoms with E-state index in [9.17, 15) is 0 Å². The van der Waals surface area contributed by atoms with Crippen LogP contribution in [0.4, 0.5) is 5.69 Å². The van der Waals surface area contributed by atoms with Crippen molar-refractivity contribution >= 4 is 38.5 Å². The van der Waals surface area contributed by atoms with Gasteiger partial charge in [0.15, 0.2) is 5.17 Å². The zero-order valence-electron chi connectivity index (χ0n) is 11.5. The number of methoxy groups -OCH3 is 1. The van der Waals surface area contributed by atoms with Crippen molar-refractivity contribution in [3.8, 4) is 5.75 Å². The second-order valence-corrected chi connectivity index (χ2v) is 6.43. The predicted molar refractivity (Wildman–Crippen MR) is 87.5 cm³/mol. The lowest BCUT2D eigenvalue weighted by Crippen LogP contribution is -2.24. The Bertz CT molecular complexity index is 486. The normalized spacial score (nSPS) is 17.2. The van der Waals surface area contributed by atoms with Crippen LogP contribution < -0.4 is 10.1 Å². The Morgan fingerprint density at radius 3 is 2.68 bits per heavy atom. The van der Waals surface area contributed by atoms with E-state index in [1.165, 1.54) is 0 Å². The van der Waals surface area contributed by atoms with Crippen LogP contribution in [0.25, 0.3) is 0 Å². The van der Waals surface area contributed by atoms with Crippen LogP contribution in [-0.2, 0) is 0 Å². The summed E-state index contributed by atoms with van der Waals surface area (Å²) in [5.41, 5.74) is 1.15. The first-order valence-corrected chi connectivity index (χ1v) is 8.23. The van der Waals surface area contributed by atoms with Crippen molar-refractivity contribution in [2.75, 3.05) is 18.2 Å². The third-order valence-electron chi connectivity index (χ3n) is 3.54. The minimum atomic E-state index is 0.122. The number of benzene rings is 1. The Morgan fingerprint density at radius 1 is 1.42 bits per heavy atom. The predicted octanol–water partition coefficient (Wildman–Crippen LogP) is 4.53. The fraction of sp³-hybridized carbons (Fsp3) is 0.500. The van der Waals surface area contributed by atoms with Crippen LogP contribution in [0.2, 0.25) is 0 Å². The molecule has 5 heteroatoms. The van der Waals surface area contributed by atoms with Gasteiger partial charge >= 0.3 is 0 Å². The summed E-state index contributed by atoms with van der Waals surface area (Å²) in [4.78, 5) is 4.85. The molecule has 1 aliphatic heterocycles. The van der Waals surface area contributed by atoms with E-state index >= 15 is 0 Å². The summed E-state index contributed by atoms with van der Waals surface area (Å²) in [6, 6.07) is 5.96. The minimum Gasteiger partial charge on any atom is -0.496 e. The maximum atomic E-state index is 5.23. The van der Waals surface area contributed by atoms with Gasteiger partial charge in [0.2, 0.25) is 0 Å². The Morgan fingerprint density at radius 2 is 2.16 bits per heavy atom. The third-order valence-corrected chi connectivity index (χ3v) is 5.30. The first kappa shape index (κ1) is 14.7. The molecule has 104 valence electrons. The third kappa shape index (κ3) is 3.26. The SMILES string of the molecule is CCC1(CC)CSC(Nc2ccc(OC)c(Br)c2)=N1. The van der Waals surface area contributed by atoms with E-state index in [1.807, 2.05) is 18.2 Å². The highest BCUT2D eigenvalue weighted by Crippen LogP contribution is 2.34. The van der Waals surface area contributed by atoms with Gasteiger partial charge in [-0.1, -0.05) is 25.6 Å². The second-order valence-electron chi connectivity index (χ2n) is 4.61. The molecule has 1 aliphatic rings. The van der Waals surface area contributed by atoms with Gasteiger partial charge in [0.1, 0.15) is 5.75 Å². The Labute approximate surface area is 127 Å². The summed E-state index contributed by atoms with van der Waals surface area (Å²) in [7, 11) is 1.67. The number of hydrogen-bond acceptors (Lipinski definition) is 4. The fourth-order valence-corrected chi connectivity index (χ4v) is 3.89. The zero-order valence-corrected chi connectivity index (χ0v) is 13.9. The summed E-state index contributed by atoms with van der Waals surface area (Å²) < 4.78 is 6.17. The molecule has 0 unspecified atom stereocenters. The first-order chi connectivity index (χ1) is 9.12. The number of anilines is 1. The molecule has 0 bridgehead atoms. The summed E-state index contributed by atoms with van der Waals surface area (Å²) in [5.74, 6) is 1.91. The van der Waals surface area contributed by atoms with E-state index in [1.54, 1.807) is 18.9 Å². The van der Waals surface area contributed by atoms with Crippen LogP contribution >= 0.6 is 27.7 Å². The smallest absolute Gasteiger partial charge is 0.161 e. The molecule has 0 radical (unpaired) electrons. The molecule has 0 amide bonds. The molecule has 0 saturated carbocycles. The largest absolute Gasteiger partial charge is 0.496 e. The number of aliphatic imine (C=N–C) groups is 1. The molecular weight excluding hydrogens is 324 g/mol. The van der Waals surface area contributed by atoms with E-state index in [0.29, 0.717) is 0 Å². The van der Waals surface area contributed by atoms with Crippen molar-refractivity contribution < 1.29 is 4.74 Å². The van der Waals surface area contributed by atoms with Crippen LogP contribution in [0.15, 0.2) is 27.7 Å². The van der Waals surface area contributed by atoms with Crippen LogP contribution in [0.1, 0.15) is 26.7 Å². The lowest BCUT2D eigenvalue weighted by Gasteiger charge is -2.20. The fourth-order valence-electron chi connectivity index (χ4n) is 2.03. The van der Waals surface area contributed by atoms with Crippen molar-refractivity contribution in [2.45, 2.75) is 32.2 Å². The van der Waals surface area contributed by atoms with E-state index in [0.717, 1.165) is 39.7 Å². The van der Waals surface area contributed by atoms with Crippen molar-refractivity contribution in [3.05, 3.63) is 22.7 Å². The van der Waals surface area contributed by atoms with Gasteiger partial charge in [0.05, 0.1) is 17.1 Å². The molecule has 0 fully saturated rings. The van der Waals surface area contributed by atoms with Crippen molar-refractivity contribution in [1.82, 2.24) is 0 Å². The van der Waals surface area contributed by atoms with Gasteiger partial charge in [0, 0.05) is 11.4 Å². The van der Waals surface area contributed by atoms with Gasteiger partial charge in [-0.3, -0.25) is 4.99 Å². The average molecular weight is 343 g/mol. The standard InChI is InChI=1S/C14H19BrN2OS/c1-4-14(5-2)9-19-13(17-14)16-10-6-7-12(18-3)11(15)8-10/h6-8H,4-5,9H2,1-3H3,(H,16,17). The maximum absolute atomic E-state index is 5.23. The molecule has 3 nitrogen and oxygen atoms in total. The highest BCUT2D eigenvalue weighted by Gasteiger charge is 2.32. The van der Waals surface area contributed by atoms with Crippen molar-refractivity contribution in [2.24, 2.45) is 4.99 Å². The van der Waals surface area contributed by atoms with Crippen LogP contribution in [-0.4, -0.2) is 23.6 Å². The Kier molecular flexibility index (Phi) is 4.79. The van der Waals surface area contributed by atoms with Gasteiger partial charge in [0.25, 0.3) is 0 Å². The number of thioether (sulfide) groups is 1. The molecule has 0 saturated heterocycles. The molecule has 1 aromatic rings. The Hall–Kier alpha value is -0.680. The van der Waals surface area contributed by atoms with Crippen LogP contribution in [0.3, 0.4) is 0 Å². The molecule has 0 atom stereocenters. The quantitative estimate of drug-likeness (QED) is 0.872. The number of hydrogen-bond donors (Lipinski definition) is 1. The monoisotopic (exact) mass is 342 g/mol. The number of amidine groups is 1. The summed E-state index contributed by atoms with van der Waals surface area (Å²) in [6.07, 6.45) is 2.18. The lowest BCUT2D eigenvalue weighted by atomic mass is 9.97. The number of nitrogens with zero attached hydrogens (tertiary/aromatic N) is 1. The van der Waals surface area contributed by atoms with E-state index < -0.39 is 0 Å². The summed E-state index contributed by atoms with van der Waals surface area (Å²) in [5, 5.41) is 4.40. The van der Waals surface area contributed by atoms with E-state index in [-0.39, 0.29) is 5.54 Å². The summed E-state index contributed by atoms with van der Waals surface area (Å²) in [6.45, 7) is 4.42. The summed E-state index contributed by atoms with van der Waals surface area (Å²) >= 11 is 5.30. The number of rotatable bonds is 4. The number of halogens is 1. The van der Waals surface area contributed by atoms with Crippen molar-refractivity contribution in [3.63, 3.8) is 0 Å². The maximum Gasteiger partial charge on any atom is 0.161 e. The Balaban J connectivity index is 2.12. The van der Waals surface area contributed by atoms with Gasteiger partial charge in [-0.2, -0.15) is 0 Å². The van der Waals surface area contributed by atoms with Gasteiger partial charge < -0.3 is 10.1 Å². The zero-order chi connectivity index (χ0) is 13.9. The highest BCUT2D eigenvalue weighted by atomic mass is 79.9. The van der Waals surface area contributed by atoms with Crippen LogP contribution in [0.5, 0.6) is 5.75 Å². The molecule has 0 aromatic heterocycles. The molecule has 19 heavy (non-hydrogen) atoms. The van der Waals surface area contributed by atoms with Crippen LogP contribution in [0, 0.1) is 0 Å². The van der Waals surface area contributed by atoms with Gasteiger partial charge in [-0.25, -0.2) is 0 Å². The molecule has 0 aliphatic carbocycles. The molecular formula is C14H19BrN2OS. The molecule has 1 aromatic carbocycles. The average Bonchev–Trinajstić information content (AvgIpc) is 2.83. The molecule has 1 N–H and O–H groups in total. The van der Waals surface area contributed by atoms with Gasteiger partial charge in [-0.05, 0) is 47.0 Å². The lowest BCUT2D eigenvalue weighted by molar-refractivity contribution is 0.412. The first-order valence-electron chi connectivity index (χ1n) is 6.45. The minimum absolute atomic E-state index is 0.122. The number of nitrogens with one attached hydrogen (secondary N) is 1. The highest BCUT2D eigenvalue weighted by molar-refractivity contribution is 9.10. The molecule has 0 spiro atoms. The number of ether oxygens (including phenoxy) is 1. The van der Waals surface area contributed by atoms with E-state index in [2.05, 4.69) is 35.1 Å². The molecule has 2 rings (SSSR count). The second kappa shape index (κ2) is 6.18. The van der Waals surface area contributed by atoms with Gasteiger partial charge in [-0.15, -0.1) is 0 Å². The van der Waals surface area contributed by atoms with Crippen molar-refractivity contribution in [1.29, 1.82) is 0 Å². The topological polar surface area (TPSA) is 33.6 Å². The molecule has 1 heterocycles. The van der Waals surface area contributed by atoms with E-state index in [4.69, 9.17) is 9.73 Å².